The van der Waals surface area contributed by atoms with E-state index in [9.17, 15) is 19.6 Å². The third-order valence-electron chi connectivity index (χ3n) is 6.15. The second-order valence-electron chi connectivity index (χ2n) is 9.21. The normalized spacial score (nSPS) is 16.9. The summed E-state index contributed by atoms with van der Waals surface area (Å²) in [6.07, 6.45) is 6.42. The van der Waals surface area contributed by atoms with Crippen LogP contribution in [0.1, 0.15) is 77.3 Å². The highest BCUT2D eigenvalue weighted by atomic mass is 16.5. The highest BCUT2D eigenvalue weighted by molar-refractivity contribution is 5.87. The molecule has 32 heavy (non-hydrogen) atoms. The first-order chi connectivity index (χ1) is 15.4. The van der Waals surface area contributed by atoms with Crippen LogP contribution in [-0.4, -0.2) is 41.2 Å². The fourth-order valence-corrected chi connectivity index (χ4v) is 4.47. The van der Waals surface area contributed by atoms with Crippen LogP contribution in [0.5, 0.6) is 0 Å². The van der Waals surface area contributed by atoms with E-state index in [1.54, 1.807) is 12.1 Å². The third-order valence-corrected chi connectivity index (χ3v) is 6.15. The van der Waals surface area contributed by atoms with Crippen molar-refractivity contribution >= 4 is 18.3 Å². The highest BCUT2D eigenvalue weighted by Gasteiger charge is 2.35. The molecule has 0 spiro atoms. The molecule has 7 heteroatoms. The average Bonchev–Trinajstić information content (AvgIpc) is 3.31. The van der Waals surface area contributed by atoms with Crippen molar-refractivity contribution in [1.29, 1.82) is 0 Å². The molecule has 0 aliphatic heterocycles. The molecule has 0 radical (unpaired) electrons. The van der Waals surface area contributed by atoms with Crippen molar-refractivity contribution in [3.63, 3.8) is 0 Å². The summed E-state index contributed by atoms with van der Waals surface area (Å²) < 4.78 is 5.61. The standard InChI is InChI=1S/C25H38N2O5/c1-4-10-22(27(31)17-28)21(15-18(2)3)24(29)26-23(20-13-6-5-7-14-20)25(30)32-16-19-11-8-9-12-19/h5-7,13-14,17-19,21-23,31H,4,8-12,15-16H2,1-3H3,(H,26,29). The van der Waals surface area contributed by atoms with Gasteiger partial charge in [0.2, 0.25) is 12.3 Å². The summed E-state index contributed by atoms with van der Waals surface area (Å²) in [6.45, 7) is 6.26. The van der Waals surface area contributed by atoms with Crippen molar-refractivity contribution in [3.05, 3.63) is 35.9 Å². The molecule has 1 fully saturated rings. The summed E-state index contributed by atoms with van der Waals surface area (Å²) >= 11 is 0. The molecule has 0 heterocycles. The first-order valence-electron chi connectivity index (χ1n) is 11.8. The lowest BCUT2D eigenvalue weighted by Crippen LogP contribution is -2.48. The summed E-state index contributed by atoms with van der Waals surface area (Å²) in [4.78, 5) is 37.7. The highest BCUT2D eigenvalue weighted by Crippen LogP contribution is 2.27. The monoisotopic (exact) mass is 446 g/mol. The van der Waals surface area contributed by atoms with Crippen LogP contribution in [0.2, 0.25) is 0 Å². The number of hydrogen-bond acceptors (Lipinski definition) is 5. The minimum atomic E-state index is -0.939. The molecule has 0 aromatic heterocycles. The summed E-state index contributed by atoms with van der Waals surface area (Å²) in [5, 5.41) is 13.6. The van der Waals surface area contributed by atoms with Crippen molar-refractivity contribution in [2.75, 3.05) is 6.61 Å². The van der Waals surface area contributed by atoms with Gasteiger partial charge in [-0.1, -0.05) is 70.4 Å². The van der Waals surface area contributed by atoms with Gasteiger partial charge in [-0.05, 0) is 43.1 Å². The van der Waals surface area contributed by atoms with Crippen molar-refractivity contribution < 1.29 is 24.3 Å². The van der Waals surface area contributed by atoms with Crippen LogP contribution in [0.4, 0.5) is 0 Å². The van der Waals surface area contributed by atoms with Crippen LogP contribution >= 0.6 is 0 Å². The van der Waals surface area contributed by atoms with E-state index in [0.29, 0.717) is 48.8 Å². The molecule has 178 valence electrons. The minimum Gasteiger partial charge on any atom is -0.464 e. The molecule has 1 aromatic rings. The van der Waals surface area contributed by atoms with E-state index in [0.717, 1.165) is 25.7 Å². The van der Waals surface area contributed by atoms with Gasteiger partial charge in [0.1, 0.15) is 0 Å². The number of hydrogen-bond donors (Lipinski definition) is 2. The van der Waals surface area contributed by atoms with Crippen molar-refractivity contribution in [2.24, 2.45) is 17.8 Å². The van der Waals surface area contributed by atoms with Crippen molar-refractivity contribution in [3.8, 4) is 0 Å². The first-order valence-corrected chi connectivity index (χ1v) is 11.8. The number of amides is 2. The maximum Gasteiger partial charge on any atom is 0.333 e. The zero-order valence-corrected chi connectivity index (χ0v) is 19.5. The Labute approximate surface area is 191 Å². The molecule has 7 nitrogen and oxygen atoms in total. The predicted octanol–water partition coefficient (Wildman–Crippen LogP) is 4.26. The van der Waals surface area contributed by atoms with Gasteiger partial charge in [0.05, 0.1) is 18.6 Å². The Morgan fingerprint density at radius 1 is 1.22 bits per heavy atom. The molecular weight excluding hydrogens is 408 g/mol. The molecule has 0 bridgehead atoms. The van der Waals surface area contributed by atoms with Gasteiger partial charge in [-0.3, -0.25) is 14.8 Å². The number of nitrogens with one attached hydrogen (secondary N) is 1. The largest absolute Gasteiger partial charge is 0.464 e. The van der Waals surface area contributed by atoms with E-state index < -0.39 is 24.0 Å². The zero-order valence-electron chi connectivity index (χ0n) is 19.5. The maximum absolute atomic E-state index is 13.4. The van der Waals surface area contributed by atoms with Crippen LogP contribution in [0.3, 0.4) is 0 Å². The summed E-state index contributed by atoms with van der Waals surface area (Å²) in [5.41, 5.74) is 0.642. The van der Waals surface area contributed by atoms with Crippen LogP contribution in [0.25, 0.3) is 0 Å². The van der Waals surface area contributed by atoms with Crippen LogP contribution in [0.15, 0.2) is 30.3 Å². The van der Waals surface area contributed by atoms with E-state index in [4.69, 9.17) is 4.74 Å². The fourth-order valence-electron chi connectivity index (χ4n) is 4.47. The van der Waals surface area contributed by atoms with E-state index in [1.807, 2.05) is 39.0 Å². The van der Waals surface area contributed by atoms with E-state index in [-0.39, 0.29) is 11.8 Å². The average molecular weight is 447 g/mol. The number of rotatable bonds is 13. The minimum absolute atomic E-state index is 0.162. The lowest BCUT2D eigenvalue weighted by Gasteiger charge is -2.32. The molecule has 0 saturated heterocycles. The second-order valence-corrected chi connectivity index (χ2v) is 9.21. The zero-order chi connectivity index (χ0) is 23.5. The Balaban J connectivity index is 2.22. The number of carbonyl (C=O) groups is 3. The second kappa shape index (κ2) is 13.2. The quantitative estimate of drug-likeness (QED) is 0.204. The Bertz CT molecular complexity index is 718. The first kappa shape index (κ1) is 25.8. The van der Waals surface area contributed by atoms with E-state index in [1.165, 1.54) is 0 Å². The summed E-state index contributed by atoms with van der Waals surface area (Å²) in [6, 6.07) is 7.44. The molecule has 2 rings (SSSR count). The van der Waals surface area contributed by atoms with Gasteiger partial charge < -0.3 is 10.1 Å². The Morgan fingerprint density at radius 3 is 2.44 bits per heavy atom. The number of ether oxygens (including phenoxy) is 1. The number of nitrogens with zero attached hydrogens (tertiary/aromatic N) is 1. The Morgan fingerprint density at radius 2 is 1.88 bits per heavy atom. The number of esters is 1. The Hall–Kier alpha value is -2.41. The van der Waals surface area contributed by atoms with Gasteiger partial charge >= 0.3 is 5.97 Å². The Kier molecular flexibility index (Phi) is 10.7. The third kappa shape index (κ3) is 7.62. The molecule has 3 atom stereocenters. The van der Waals surface area contributed by atoms with Gasteiger partial charge in [0, 0.05) is 0 Å². The molecule has 3 unspecified atom stereocenters. The van der Waals surface area contributed by atoms with Crippen molar-refractivity contribution in [1.82, 2.24) is 10.4 Å². The maximum atomic E-state index is 13.4. The van der Waals surface area contributed by atoms with Crippen LogP contribution < -0.4 is 5.32 Å². The van der Waals surface area contributed by atoms with Gasteiger partial charge in [-0.25, -0.2) is 9.86 Å². The van der Waals surface area contributed by atoms with Crippen LogP contribution in [-0.2, 0) is 19.1 Å². The summed E-state index contributed by atoms with van der Waals surface area (Å²) in [5.74, 6) is -0.967. The molecule has 1 aliphatic carbocycles. The number of benzene rings is 1. The van der Waals surface area contributed by atoms with Crippen molar-refractivity contribution in [2.45, 2.75) is 77.8 Å². The molecular formula is C25H38N2O5. The topological polar surface area (TPSA) is 95.9 Å². The SMILES string of the molecule is CCCC(C(CC(C)C)C(=O)NC(C(=O)OCC1CCCC1)c1ccccc1)N(O)C=O. The van der Waals surface area contributed by atoms with E-state index >= 15 is 0 Å². The number of carbonyl (C=O) groups excluding carboxylic acids is 3. The molecule has 1 aromatic carbocycles. The van der Waals surface area contributed by atoms with Gasteiger partial charge in [0.15, 0.2) is 6.04 Å². The summed E-state index contributed by atoms with van der Waals surface area (Å²) in [7, 11) is 0. The molecule has 1 aliphatic rings. The molecule has 1 saturated carbocycles. The lowest BCUT2D eigenvalue weighted by molar-refractivity contribution is -0.170. The van der Waals surface area contributed by atoms with E-state index in [2.05, 4.69) is 5.32 Å². The molecule has 2 amide bonds. The number of hydroxylamine groups is 2. The van der Waals surface area contributed by atoms with Crippen LogP contribution in [0, 0.1) is 17.8 Å². The fraction of sp³-hybridized carbons (Fsp3) is 0.640. The lowest BCUT2D eigenvalue weighted by atomic mass is 9.86. The smallest absolute Gasteiger partial charge is 0.333 e. The molecule has 2 N–H and O–H groups in total. The van der Waals surface area contributed by atoms with Gasteiger partial charge in [0.25, 0.3) is 0 Å². The predicted molar refractivity (Wildman–Crippen MR) is 122 cm³/mol. The van der Waals surface area contributed by atoms with Gasteiger partial charge in [-0.2, -0.15) is 0 Å². The van der Waals surface area contributed by atoms with Gasteiger partial charge in [-0.15, -0.1) is 0 Å².